The summed E-state index contributed by atoms with van der Waals surface area (Å²) in [6.07, 6.45) is 1.72. The van der Waals surface area contributed by atoms with Crippen LogP contribution < -0.4 is 10.6 Å². The van der Waals surface area contributed by atoms with E-state index in [9.17, 15) is 0 Å². The lowest BCUT2D eigenvalue weighted by molar-refractivity contribution is 0.950. The first-order valence-electron chi connectivity index (χ1n) is 5.66. The van der Waals surface area contributed by atoms with Gasteiger partial charge in [-0.05, 0) is 19.1 Å². The van der Waals surface area contributed by atoms with Crippen LogP contribution in [-0.4, -0.2) is 22.0 Å². The van der Waals surface area contributed by atoms with Gasteiger partial charge in [0.1, 0.15) is 17.5 Å². The zero-order valence-electron chi connectivity index (χ0n) is 10.5. The standard InChI is InChI=1S/C12H13Cl2N5/c1-7-16-4-3-8(18-7)6-17-12-10(14)5-9(13)11(15-2)19-12/h3-5H,6H2,1-2H3,(H2,15,17,19). The highest BCUT2D eigenvalue weighted by Gasteiger charge is 2.08. The molecule has 5 nitrogen and oxygen atoms in total. The van der Waals surface area contributed by atoms with Gasteiger partial charge in [0, 0.05) is 13.2 Å². The van der Waals surface area contributed by atoms with Crippen molar-refractivity contribution in [3.63, 3.8) is 0 Å². The lowest BCUT2D eigenvalue weighted by Crippen LogP contribution is -2.06. The van der Waals surface area contributed by atoms with Gasteiger partial charge in [0.2, 0.25) is 0 Å². The van der Waals surface area contributed by atoms with Crippen LogP contribution in [0.15, 0.2) is 18.3 Å². The predicted octanol–water partition coefficient (Wildman–Crippen LogP) is 3.14. The number of anilines is 2. The summed E-state index contributed by atoms with van der Waals surface area (Å²) in [6, 6.07) is 3.48. The molecule has 0 fully saturated rings. The summed E-state index contributed by atoms with van der Waals surface area (Å²) in [5, 5.41) is 6.98. The van der Waals surface area contributed by atoms with E-state index in [2.05, 4.69) is 25.6 Å². The first-order chi connectivity index (χ1) is 9.10. The number of hydrogen-bond donors (Lipinski definition) is 2. The second-order valence-corrected chi connectivity index (χ2v) is 4.66. The number of halogens is 2. The second kappa shape index (κ2) is 6.04. The van der Waals surface area contributed by atoms with E-state index >= 15 is 0 Å². The van der Waals surface area contributed by atoms with Crippen molar-refractivity contribution in [3.8, 4) is 0 Å². The number of aryl methyl sites for hydroxylation is 1. The lowest BCUT2D eigenvalue weighted by atomic mass is 10.3. The maximum absolute atomic E-state index is 6.09. The normalized spacial score (nSPS) is 10.3. The maximum atomic E-state index is 6.09. The smallest absolute Gasteiger partial charge is 0.147 e. The van der Waals surface area contributed by atoms with E-state index in [-0.39, 0.29) is 0 Å². The largest absolute Gasteiger partial charge is 0.372 e. The molecule has 7 heteroatoms. The van der Waals surface area contributed by atoms with Crippen molar-refractivity contribution in [2.45, 2.75) is 13.5 Å². The maximum Gasteiger partial charge on any atom is 0.147 e. The van der Waals surface area contributed by atoms with Crippen molar-refractivity contribution >= 4 is 34.8 Å². The van der Waals surface area contributed by atoms with E-state index in [1.54, 1.807) is 19.3 Å². The Kier molecular flexibility index (Phi) is 4.39. The van der Waals surface area contributed by atoms with Crippen LogP contribution in [0.5, 0.6) is 0 Å². The fourth-order valence-corrected chi connectivity index (χ4v) is 2.06. The highest BCUT2D eigenvalue weighted by atomic mass is 35.5. The molecule has 0 aliphatic rings. The summed E-state index contributed by atoms with van der Waals surface area (Å²) in [4.78, 5) is 12.6. The van der Waals surface area contributed by atoms with Crippen LogP contribution in [0, 0.1) is 6.92 Å². The number of aromatic nitrogens is 3. The van der Waals surface area contributed by atoms with E-state index in [1.807, 2.05) is 13.0 Å². The molecule has 0 radical (unpaired) electrons. The van der Waals surface area contributed by atoms with Gasteiger partial charge < -0.3 is 10.6 Å². The molecule has 0 bridgehead atoms. The van der Waals surface area contributed by atoms with Crippen LogP contribution in [0.2, 0.25) is 10.0 Å². The summed E-state index contributed by atoms with van der Waals surface area (Å²) in [7, 11) is 1.75. The molecule has 0 spiro atoms. The highest BCUT2D eigenvalue weighted by Crippen LogP contribution is 2.28. The van der Waals surface area contributed by atoms with Crippen molar-refractivity contribution in [2.75, 3.05) is 17.7 Å². The summed E-state index contributed by atoms with van der Waals surface area (Å²) in [5.41, 5.74) is 0.867. The van der Waals surface area contributed by atoms with Gasteiger partial charge in [-0.1, -0.05) is 23.2 Å². The molecule has 0 saturated heterocycles. The monoisotopic (exact) mass is 297 g/mol. The SMILES string of the molecule is CNc1nc(NCc2ccnc(C)n2)c(Cl)cc1Cl. The lowest BCUT2D eigenvalue weighted by Gasteiger charge is -2.10. The summed E-state index contributed by atoms with van der Waals surface area (Å²) in [5.74, 6) is 1.87. The molecule has 0 unspecified atom stereocenters. The Morgan fingerprint density at radius 3 is 2.58 bits per heavy atom. The van der Waals surface area contributed by atoms with Gasteiger partial charge >= 0.3 is 0 Å². The van der Waals surface area contributed by atoms with Crippen molar-refractivity contribution in [1.82, 2.24) is 15.0 Å². The van der Waals surface area contributed by atoms with Gasteiger partial charge in [0.05, 0.1) is 22.3 Å². The quantitative estimate of drug-likeness (QED) is 0.908. The molecule has 0 atom stereocenters. The third kappa shape index (κ3) is 3.45. The molecule has 2 heterocycles. The Morgan fingerprint density at radius 1 is 1.16 bits per heavy atom. The Hall–Kier alpha value is -1.59. The predicted molar refractivity (Wildman–Crippen MR) is 77.9 cm³/mol. The minimum atomic E-state index is 0.467. The van der Waals surface area contributed by atoms with E-state index in [0.717, 1.165) is 11.5 Å². The summed E-state index contributed by atoms with van der Waals surface area (Å²) < 4.78 is 0. The number of rotatable bonds is 4. The first kappa shape index (κ1) is 13.8. The third-order valence-electron chi connectivity index (χ3n) is 2.44. The number of hydrogen-bond acceptors (Lipinski definition) is 5. The minimum absolute atomic E-state index is 0.467. The van der Waals surface area contributed by atoms with Crippen LogP contribution in [-0.2, 0) is 6.54 Å². The molecule has 2 rings (SSSR count). The zero-order chi connectivity index (χ0) is 13.8. The van der Waals surface area contributed by atoms with Crippen LogP contribution in [0.4, 0.5) is 11.6 Å². The zero-order valence-corrected chi connectivity index (χ0v) is 12.0. The van der Waals surface area contributed by atoms with Crippen LogP contribution in [0.3, 0.4) is 0 Å². The molecule has 0 saturated carbocycles. The number of pyridine rings is 1. The second-order valence-electron chi connectivity index (χ2n) is 3.85. The molecule has 0 aliphatic carbocycles. The van der Waals surface area contributed by atoms with Crippen LogP contribution in [0.25, 0.3) is 0 Å². The fourth-order valence-electron chi connectivity index (χ4n) is 1.54. The van der Waals surface area contributed by atoms with Crippen molar-refractivity contribution in [1.29, 1.82) is 0 Å². The van der Waals surface area contributed by atoms with E-state index in [0.29, 0.717) is 28.2 Å². The fraction of sp³-hybridized carbons (Fsp3) is 0.250. The minimum Gasteiger partial charge on any atom is -0.372 e. The van der Waals surface area contributed by atoms with Gasteiger partial charge in [-0.3, -0.25) is 0 Å². The van der Waals surface area contributed by atoms with E-state index in [1.165, 1.54) is 0 Å². The average molecular weight is 298 g/mol. The van der Waals surface area contributed by atoms with Gasteiger partial charge in [-0.15, -0.1) is 0 Å². The number of nitrogens with one attached hydrogen (secondary N) is 2. The van der Waals surface area contributed by atoms with Crippen LogP contribution >= 0.6 is 23.2 Å². The topological polar surface area (TPSA) is 62.7 Å². The Bertz CT molecular complexity index is 588. The van der Waals surface area contributed by atoms with Gasteiger partial charge in [-0.25, -0.2) is 15.0 Å². The molecule has 100 valence electrons. The summed E-state index contributed by atoms with van der Waals surface area (Å²) in [6.45, 7) is 2.36. The van der Waals surface area contributed by atoms with E-state index < -0.39 is 0 Å². The van der Waals surface area contributed by atoms with Crippen molar-refractivity contribution < 1.29 is 0 Å². The van der Waals surface area contributed by atoms with Crippen LogP contribution in [0.1, 0.15) is 11.5 Å². The molecule has 0 aromatic carbocycles. The molecule has 0 amide bonds. The average Bonchev–Trinajstić information content (AvgIpc) is 2.38. The molecule has 2 N–H and O–H groups in total. The molecular weight excluding hydrogens is 285 g/mol. The summed E-state index contributed by atoms with van der Waals surface area (Å²) >= 11 is 12.1. The van der Waals surface area contributed by atoms with E-state index in [4.69, 9.17) is 23.2 Å². The van der Waals surface area contributed by atoms with Crippen molar-refractivity contribution in [2.24, 2.45) is 0 Å². The Morgan fingerprint density at radius 2 is 1.89 bits per heavy atom. The van der Waals surface area contributed by atoms with Gasteiger partial charge in [0.15, 0.2) is 0 Å². The third-order valence-corrected chi connectivity index (χ3v) is 3.01. The Balaban J connectivity index is 2.15. The van der Waals surface area contributed by atoms with Crippen molar-refractivity contribution in [3.05, 3.63) is 39.9 Å². The number of nitrogens with zero attached hydrogens (tertiary/aromatic N) is 3. The molecule has 2 aromatic rings. The molecule has 0 aliphatic heterocycles. The Labute approximate surface area is 121 Å². The van der Waals surface area contributed by atoms with Gasteiger partial charge in [0.25, 0.3) is 0 Å². The van der Waals surface area contributed by atoms with Gasteiger partial charge in [-0.2, -0.15) is 0 Å². The highest BCUT2D eigenvalue weighted by molar-refractivity contribution is 6.37. The first-order valence-corrected chi connectivity index (χ1v) is 6.42. The molecule has 19 heavy (non-hydrogen) atoms. The molecular formula is C12H13Cl2N5. The molecule has 2 aromatic heterocycles.